The summed E-state index contributed by atoms with van der Waals surface area (Å²) in [5.41, 5.74) is 3.54. The standard InChI is InChI=1S/C20H17NO2S/c1-21(20(23)18-5-3-2-4-6-18)12-16-11-19(24-14-16)17-9-7-15(13-22)8-10-17/h2-11,13-14H,12H2,1H3. The number of nitrogens with zero attached hydrogens (tertiary/aromatic N) is 1. The maximum absolute atomic E-state index is 12.4. The average Bonchev–Trinajstić information content (AvgIpc) is 3.10. The zero-order chi connectivity index (χ0) is 16.9. The molecule has 24 heavy (non-hydrogen) atoms. The fraction of sp³-hybridized carbons (Fsp3) is 0.100. The molecule has 0 atom stereocenters. The summed E-state index contributed by atoms with van der Waals surface area (Å²) in [4.78, 5) is 26.0. The van der Waals surface area contributed by atoms with Gasteiger partial charge in [0.1, 0.15) is 6.29 Å². The lowest BCUT2D eigenvalue weighted by Crippen LogP contribution is -2.25. The van der Waals surface area contributed by atoms with Crippen molar-refractivity contribution in [2.75, 3.05) is 7.05 Å². The van der Waals surface area contributed by atoms with Gasteiger partial charge in [0.25, 0.3) is 5.91 Å². The number of benzene rings is 2. The van der Waals surface area contributed by atoms with Crippen molar-refractivity contribution in [3.05, 3.63) is 82.7 Å². The van der Waals surface area contributed by atoms with Crippen LogP contribution in [-0.2, 0) is 6.54 Å². The zero-order valence-electron chi connectivity index (χ0n) is 13.3. The lowest BCUT2D eigenvalue weighted by molar-refractivity contribution is 0.0785. The second-order valence-corrected chi connectivity index (χ2v) is 6.50. The Kier molecular flexibility index (Phi) is 4.87. The molecule has 0 unspecified atom stereocenters. The number of thiophene rings is 1. The van der Waals surface area contributed by atoms with Crippen LogP contribution in [0.4, 0.5) is 0 Å². The highest BCUT2D eigenvalue weighted by molar-refractivity contribution is 7.13. The van der Waals surface area contributed by atoms with E-state index in [2.05, 4.69) is 11.4 Å². The summed E-state index contributed by atoms with van der Waals surface area (Å²) in [6.07, 6.45) is 0.841. The minimum atomic E-state index is 0.0127. The number of rotatable bonds is 5. The normalized spacial score (nSPS) is 10.4. The van der Waals surface area contributed by atoms with Gasteiger partial charge in [0.2, 0.25) is 0 Å². The minimum Gasteiger partial charge on any atom is -0.337 e. The molecule has 3 rings (SSSR count). The molecule has 1 amide bonds. The van der Waals surface area contributed by atoms with Crippen molar-refractivity contribution in [1.29, 1.82) is 0 Å². The number of aldehydes is 1. The summed E-state index contributed by atoms with van der Waals surface area (Å²) in [5.74, 6) is 0.0127. The third-order valence-electron chi connectivity index (χ3n) is 3.77. The second kappa shape index (κ2) is 7.23. The van der Waals surface area contributed by atoms with Gasteiger partial charge in [-0.15, -0.1) is 11.3 Å². The van der Waals surface area contributed by atoms with E-state index in [1.807, 2.05) is 61.6 Å². The SMILES string of the molecule is CN(Cc1csc(-c2ccc(C=O)cc2)c1)C(=O)c1ccccc1. The molecule has 1 heterocycles. The van der Waals surface area contributed by atoms with Crippen LogP contribution in [0.25, 0.3) is 10.4 Å². The molecule has 0 saturated carbocycles. The summed E-state index contributed by atoms with van der Waals surface area (Å²) in [6, 6.07) is 18.9. The first-order valence-corrected chi connectivity index (χ1v) is 8.49. The number of carbonyl (C=O) groups excluding carboxylic acids is 2. The molecule has 0 radical (unpaired) electrons. The highest BCUT2D eigenvalue weighted by Gasteiger charge is 2.12. The van der Waals surface area contributed by atoms with Crippen molar-refractivity contribution >= 4 is 23.5 Å². The molecule has 0 fully saturated rings. The van der Waals surface area contributed by atoms with Gasteiger partial charge in [-0.1, -0.05) is 42.5 Å². The van der Waals surface area contributed by atoms with E-state index < -0.39 is 0 Å². The van der Waals surface area contributed by atoms with Crippen LogP contribution >= 0.6 is 11.3 Å². The fourth-order valence-electron chi connectivity index (χ4n) is 2.48. The first-order valence-electron chi connectivity index (χ1n) is 7.61. The molecule has 0 aliphatic rings. The van der Waals surface area contributed by atoms with Gasteiger partial charge < -0.3 is 4.90 Å². The van der Waals surface area contributed by atoms with Gasteiger partial charge in [-0.3, -0.25) is 9.59 Å². The van der Waals surface area contributed by atoms with Crippen LogP contribution in [0.5, 0.6) is 0 Å². The van der Waals surface area contributed by atoms with Crippen LogP contribution in [0.2, 0.25) is 0 Å². The lowest BCUT2D eigenvalue weighted by atomic mass is 10.1. The van der Waals surface area contributed by atoms with Crippen LogP contribution in [-0.4, -0.2) is 24.1 Å². The van der Waals surface area contributed by atoms with Crippen LogP contribution in [0.3, 0.4) is 0 Å². The Morgan fingerprint density at radius 1 is 1.08 bits per heavy atom. The largest absolute Gasteiger partial charge is 0.337 e. The maximum atomic E-state index is 12.4. The summed E-state index contributed by atoms with van der Waals surface area (Å²) in [6.45, 7) is 0.566. The topological polar surface area (TPSA) is 37.4 Å². The first kappa shape index (κ1) is 16.1. The van der Waals surface area contributed by atoms with E-state index in [1.165, 1.54) is 0 Å². The molecular formula is C20H17NO2S. The maximum Gasteiger partial charge on any atom is 0.253 e. The molecule has 0 aliphatic carbocycles. The summed E-state index contributed by atoms with van der Waals surface area (Å²) >= 11 is 1.64. The van der Waals surface area contributed by atoms with Gasteiger partial charge in [0.05, 0.1) is 0 Å². The van der Waals surface area contributed by atoms with Crippen molar-refractivity contribution in [2.45, 2.75) is 6.54 Å². The minimum absolute atomic E-state index is 0.0127. The number of hydrogen-bond acceptors (Lipinski definition) is 3. The van der Waals surface area contributed by atoms with E-state index in [0.29, 0.717) is 17.7 Å². The van der Waals surface area contributed by atoms with Gasteiger partial charge in [0, 0.05) is 29.6 Å². The molecule has 120 valence electrons. The number of hydrogen-bond donors (Lipinski definition) is 0. The van der Waals surface area contributed by atoms with Gasteiger partial charge in [-0.05, 0) is 34.7 Å². The molecule has 1 aromatic heterocycles. The van der Waals surface area contributed by atoms with E-state index in [0.717, 1.165) is 22.3 Å². The molecule has 0 N–H and O–H groups in total. The third-order valence-corrected chi connectivity index (χ3v) is 4.80. The second-order valence-electron chi connectivity index (χ2n) is 5.59. The lowest BCUT2D eigenvalue weighted by Gasteiger charge is -2.16. The Hall–Kier alpha value is -2.72. The van der Waals surface area contributed by atoms with Crippen molar-refractivity contribution in [3.63, 3.8) is 0 Å². The average molecular weight is 335 g/mol. The first-order chi connectivity index (χ1) is 11.7. The van der Waals surface area contributed by atoms with Crippen molar-refractivity contribution < 1.29 is 9.59 Å². The van der Waals surface area contributed by atoms with Crippen LogP contribution in [0.15, 0.2) is 66.0 Å². The Morgan fingerprint density at radius 2 is 1.79 bits per heavy atom. The van der Waals surface area contributed by atoms with Crippen molar-refractivity contribution in [3.8, 4) is 10.4 Å². The van der Waals surface area contributed by atoms with E-state index in [-0.39, 0.29) is 5.91 Å². The fourth-order valence-corrected chi connectivity index (χ4v) is 3.40. The van der Waals surface area contributed by atoms with Gasteiger partial charge in [-0.25, -0.2) is 0 Å². The molecule has 0 spiro atoms. The van der Waals surface area contributed by atoms with Gasteiger partial charge in [0.15, 0.2) is 0 Å². The zero-order valence-corrected chi connectivity index (χ0v) is 14.1. The number of amides is 1. The van der Waals surface area contributed by atoms with E-state index in [4.69, 9.17) is 0 Å². The molecule has 0 aliphatic heterocycles. The van der Waals surface area contributed by atoms with Gasteiger partial charge in [-0.2, -0.15) is 0 Å². The molecule has 0 saturated heterocycles. The van der Waals surface area contributed by atoms with Crippen LogP contribution in [0, 0.1) is 0 Å². The third kappa shape index (κ3) is 3.60. The van der Waals surface area contributed by atoms with E-state index in [9.17, 15) is 9.59 Å². The molecule has 3 nitrogen and oxygen atoms in total. The van der Waals surface area contributed by atoms with Crippen molar-refractivity contribution in [2.24, 2.45) is 0 Å². The quantitative estimate of drug-likeness (QED) is 0.644. The Labute approximate surface area is 145 Å². The molecule has 4 heteroatoms. The molecular weight excluding hydrogens is 318 g/mol. The van der Waals surface area contributed by atoms with E-state index in [1.54, 1.807) is 16.2 Å². The van der Waals surface area contributed by atoms with Crippen LogP contribution in [0.1, 0.15) is 26.3 Å². The van der Waals surface area contributed by atoms with Crippen LogP contribution < -0.4 is 0 Å². The Bertz CT molecular complexity index is 838. The Morgan fingerprint density at radius 3 is 2.46 bits per heavy atom. The Balaban J connectivity index is 1.71. The monoisotopic (exact) mass is 335 g/mol. The predicted molar refractivity (Wildman–Crippen MR) is 97.4 cm³/mol. The van der Waals surface area contributed by atoms with Crippen molar-refractivity contribution in [1.82, 2.24) is 4.90 Å². The highest BCUT2D eigenvalue weighted by Crippen LogP contribution is 2.28. The summed E-state index contributed by atoms with van der Waals surface area (Å²) < 4.78 is 0. The van der Waals surface area contributed by atoms with E-state index >= 15 is 0 Å². The molecule has 3 aromatic rings. The summed E-state index contributed by atoms with van der Waals surface area (Å²) in [7, 11) is 1.81. The number of carbonyl (C=O) groups is 2. The molecule has 0 bridgehead atoms. The molecule has 2 aromatic carbocycles. The highest BCUT2D eigenvalue weighted by atomic mass is 32.1. The predicted octanol–water partition coefficient (Wildman–Crippen LogP) is 4.50. The summed E-state index contributed by atoms with van der Waals surface area (Å²) in [5, 5.41) is 2.07. The smallest absolute Gasteiger partial charge is 0.253 e. The van der Waals surface area contributed by atoms with Gasteiger partial charge >= 0.3 is 0 Å².